The van der Waals surface area contributed by atoms with E-state index in [1.807, 2.05) is 0 Å². The van der Waals surface area contributed by atoms with Gasteiger partial charge in [-0.25, -0.2) is 0 Å². The van der Waals surface area contributed by atoms with Crippen LogP contribution in [0, 0.1) is 0 Å². The quantitative estimate of drug-likeness (QED) is 0.640. The number of nitrogens with zero attached hydrogens (tertiary/aromatic N) is 1. The van der Waals surface area contributed by atoms with Crippen molar-refractivity contribution in [3.8, 4) is 0 Å². The number of hydrogen-bond donors (Lipinski definition) is 1. The Morgan fingerprint density at radius 2 is 1.67 bits per heavy atom. The van der Waals surface area contributed by atoms with Crippen LogP contribution in [0.5, 0.6) is 0 Å². The summed E-state index contributed by atoms with van der Waals surface area (Å²) in [6, 6.07) is 2.81. The summed E-state index contributed by atoms with van der Waals surface area (Å²) in [7, 11) is 0. The molecule has 70 valence electrons. The van der Waals surface area contributed by atoms with Crippen LogP contribution >= 0.6 is 0 Å². The molecule has 12 heavy (non-hydrogen) atoms. The van der Waals surface area contributed by atoms with Crippen LogP contribution in [0.3, 0.4) is 0 Å². The lowest BCUT2D eigenvalue weighted by molar-refractivity contribution is 0.0938. The summed E-state index contributed by atoms with van der Waals surface area (Å²) in [5.74, 6) is 0. The highest BCUT2D eigenvalue weighted by Crippen LogP contribution is 2.36. The van der Waals surface area contributed by atoms with Crippen molar-refractivity contribution in [2.45, 2.75) is 63.7 Å². The highest BCUT2D eigenvalue weighted by Gasteiger charge is 2.40. The molecule has 2 nitrogen and oxygen atoms in total. The van der Waals surface area contributed by atoms with E-state index in [9.17, 15) is 0 Å². The molecule has 0 aliphatic carbocycles. The minimum absolute atomic E-state index is 0.484. The van der Waals surface area contributed by atoms with Crippen molar-refractivity contribution in [1.82, 2.24) is 4.90 Å². The van der Waals surface area contributed by atoms with E-state index in [0.29, 0.717) is 6.04 Å². The van der Waals surface area contributed by atoms with Crippen molar-refractivity contribution in [3.05, 3.63) is 0 Å². The molecule has 2 saturated heterocycles. The molecule has 2 N–H and O–H groups in total. The zero-order chi connectivity index (χ0) is 8.72. The lowest BCUT2D eigenvalue weighted by Crippen LogP contribution is -2.50. The van der Waals surface area contributed by atoms with E-state index >= 15 is 0 Å². The molecule has 2 heterocycles. The zero-order valence-electron chi connectivity index (χ0n) is 8.16. The van der Waals surface area contributed by atoms with Gasteiger partial charge < -0.3 is 5.73 Å². The van der Waals surface area contributed by atoms with E-state index < -0.39 is 0 Å². The van der Waals surface area contributed by atoms with Gasteiger partial charge in [-0.05, 0) is 39.5 Å². The largest absolute Gasteiger partial charge is 0.328 e. The lowest BCUT2D eigenvalue weighted by atomic mass is 9.97. The Hall–Kier alpha value is -0.0800. The normalized spacial score (nSPS) is 42.5. The maximum absolute atomic E-state index is 5.99. The van der Waals surface area contributed by atoms with Crippen molar-refractivity contribution in [3.63, 3.8) is 0 Å². The van der Waals surface area contributed by atoms with Gasteiger partial charge in [0.15, 0.2) is 0 Å². The number of rotatable bonds is 1. The molecule has 2 rings (SSSR count). The predicted octanol–water partition coefficient (Wildman–Crippen LogP) is 1.35. The minimum Gasteiger partial charge on any atom is -0.328 e. The van der Waals surface area contributed by atoms with Crippen LogP contribution in [0.1, 0.15) is 39.5 Å². The number of hydrogen-bond acceptors (Lipinski definition) is 2. The van der Waals surface area contributed by atoms with E-state index in [-0.39, 0.29) is 0 Å². The van der Waals surface area contributed by atoms with Crippen LogP contribution in [0.15, 0.2) is 0 Å². The number of fused-ring (bicyclic) bond motifs is 2. The van der Waals surface area contributed by atoms with Gasteiger partial charge in [-0.2, -0.15) is 0 Å². The van der Waals surface area contributed by atoms with Crippen LogP contribution in [0.2, 0.25) is 0 Å². The molecular formula is C10H20N2. The molecule has 3 atom stereocenters. The second-order valence-corrected chi connectivity index (χ2v) is 4.66. The average Bonchev–Trinajstić information content (AvgIpc) is 2.24. The monoisotopic (exact) mass is 168 g/mol. The van der Waals surface area contributed by atoms with Gasteiger partial charge >= 0.3 is 0 Å². The summed E-state index contributed by atoms with van der Waals surface area (Å²) in [5, 5.41) is 0. The first-order chi connectivity index (χ1) is 5.68. The first kappa shape index (κ1) is 8.52. The van der Waals surface area contributed by atoms with Gasteiger partial charge in [0.05, 0.1) is 0 Å². The van der Waals surface area contributed by atoms with Gasteiger partial charge in [0.25, 0.3) is 0 Å². The fraction of sp³-hybridized carbons (Fsp3) is 1.00. The van der Waals surface area contributed by atoms with Crippen LogP contribution < -0.4 is 5.73 Å². The van der Waals surface area contributed by atoms with E-state index in [1.54, 1.807) is 0 Å². The summed E-state index contributed by atoms with van der Waals surface area (Å²) in [6.45, 7) is 4.62. The predicted molar refractivity (Wildman–Crippen MR) is 51.0 cm³/mol. The summed E-state index contributed by atoms with van der Waals surface area (Å²) < 4.78 is 0. The molecule has 0 aromatic rings. The SMILES string of the molecule is CC(C)N1[C@@H]2CC[C@H]1C[C@H](N)C2. The molecule has 0 saturated carbocycles. The Labute approximate surface area is 75.1 Å². The summed E-state index contributed by atoms with van der Waals surface area (Å²) in [6.07, 6.45) is 5.23. The Morgan fingerprint density at radius 3 is 2.08 bits per heavy atom. The van der Waals surface area contributed by atoms with Gasteiger partial charge in [0, 0.05) is 24.2 Å². The molecule has 0 spiro atoms. The Bertz CT molecular complexity index is 153. The summed E-state index contributed by atoms with van der Waals surface area (Å²) in [4.78, 5) is 2.68. The molecule has 0 unspecified atom stereocenters. The van der Waals surface area contributed by atoms with E-state index in [4.69, 9.17) is 5.73 Å². The summed E-state index contributed by atoms with van der Waals surface area (Å²) in [5.41, 5.74) is 5.99. The maximum atomic E-state index is 5.99. The smallest absolute Gasteiger partial charge is 0.0116 e. The summed E-state index contributed by atoms with van der Waals surface area (Å²) >= 11 is 0. The second-order valence-electron chi connectivity index (χ2n) is 4.66. The third-order valence-corrected chi connectivity index (χ3v) is 3.42. The molecule has 0 amide bonds. The molecule has 2 fully saturated rings. The third kappa shape index (κ3) is 1.27. The van der Waals surface area contributed by atoms with Crippen LogP contribution in [0.4, 0.5) is 0 Å². The van der Waals surface area contributed by atoms with Crippen LogP contribution in [0.25, 0.3) is 0 Å². The Balaban J connectivity index is 2.09. The highest BCUT2D eigenvalue weighted by atomic mass is 15.2. The van der Waals surface area contributed by atoms with Crippen LogP contribution in [-0.2, 0) is 0 Å². The maximum Gasteiger partial charge on any atom is 0.0116 e. The van der Waals surface area contributed by atoms with Gasteiger partial charge in [0.2, 0.25) is 0 Å². The number of nitrogens with two attached hydrogens (primary N) is 1. The first-order valence-corrected chi connectivity index (χ1v) is 5.21. The minimum atomic E-state index is 0.484. The van der Waals surface area contributed by atoms with Gasteiger partial charge in [-0.15, -0.1) is 0 Å². The number of piperidine rings is 1. The van der Waals surface area contributed by atoms with Gasteiger partial charge in [0.1, 0.15) is 0 Å². The van der Waals surface area contributed by atoms with Gasteiger partial charge in [-0.1, -0.05) is 0 Å². The molecule has 2 heteroatoms. The van der Waals surface area contributed by atoms with E-state index in [0.717, 1.165) is 18.1 Å². The van der Waals surface area contributed by atoms with Crippen molar-refractivity contribution in [2.75, 3.05) is 0 Å². The zero-order valence-corrected chi connectivity index (χ0v) is 8.16. The molecule has 0 aromatic heterocycles. The van der Waals surface area contributed by atoms with Crippen molar-refractivity contribution >= 4 is 0 Å². The molecule has 0 radical (unpaired) electrons. The average molecular weight is 168 g/mol. The van der Waals surface area contributed by atoms with Gasteiger partial charge in [-0.3, -0.25) is 4.90 Å². The van der Waals surface area contributed by atoms with Crippen molar-refractivity contribution < 1.29 is 0 Å². The molecule has 0 aromatic carbocycles. The second kappa shape index (κ2) is 3.00. The van der Waals surface area contributed by atoms with E-state index in [1.165, 1.54) is 25.7 Å². The molecular weight excluding hydrogens is 148 g/mol. The Morgan fingerprint density at radius 1 is 1.17 bits per heavy atom. The van der Waals surface area contributed by atoms with E-state index in [2.05, 4.69) is 18.7 Å². The third-order valence-electron chi connectivity index (χ3n) is 3.42. The van der Waals surface area contributed by atoms with Crippen LogP contribution in [-0.4, -0.2) is 29.1 Å². The molecule has 2 bridgehead atoms. The van der Waals surface area contributed by atoms with Crippen molar-refractivity contribution in [2.24, 2.45) is 5.73 Å². The highest BCUT2D eigenvalue weighted by molar-refractivity contribution is 4.97. The standard InChI is InChI=1S/C10H20N2/c1-7(2)12-9-3-4-10(12)6-8(11)5-9/h7-10H,3-6,11H2,1-2H3/t8-,9-,10+. The lowest BCUT2D eigenvalue weighted by Gasteiger charge is -2.40. The first-order valence-electron chi connectivity index (χ1n) is 5.21. The fourth-order valence-corrected chi connectivity index (χ4v) is 3.10. The topological polar surface area (TPSA) is 29.3 Å². The van der Waals surface area contributed by atoms with Crippen molar-refractivity contribution in [1.29, 1.82) is 0 Å². The Kier molecular flexibility index (Phi) is 2.13. The molecule has 2 aliphatic heterocycles. The molecule has 2 aliphatic rings. The fourth-order valence-electron chi connectivity index (χ4n) is 3.10.